The first-order valence-corrected chi connectivity index (χ1v) is 11.6. The number of hydrogen-bond donors (Lipinski definition) is 1. The number of aryl methyl sites for hydroxylation is 1. The molecule has 1 amide bonds. The van der Waals surface area contributed by atoms with E-state index >= 15 is 0 Å². The summed E-state index contributed by atoms with van der Waals surface area (Å²) in [5.41, 5.74) is 2.75. The molecule has 7 nitrogen and oxygen atoms in total. The lowest BCUT2D eigenvalue weighted by molar-refractivity contribution is 0.0730. The largest absolute Gasteiger partial charge is 0.497 e. The second-order valence-corrected chi connectivity index (χ2v) is 9.46. The van der Waals surface area contributed by atoms with Gasteiger partial charge in [0.05, 0.1) is 31.3 Å². The fourth-order valence-electron chi connectivity index (χ4n) is 4.02. The molecule has 1 aliphatic carbocycles. The van der Waals surface area contributed by atoms with Gasteiger partial charge in [-0.25, -0.2) is 8.42 Å². The fourth-order valence-corrected chi connectivity index (χ4v) is 5.43. The normalized spacial score (nSPS) is 19.7. The van der Waals surface area contributed by atoms with E-state index in [4.69, 9.17) is 9.47 Å². The Morgan fingerprint density at radius 3 is 2.57 bits per heavy atom. The van der Waals surface area contributed by atoms with Gasteiger partial charge in [0.2, 0.25) is 10.0 Å². The third kappa shape index (κ3) is 4.21. The van der Waals surface area contributed by atoms with Crippen molar-refractivity contribution in [1.29, 1.82) is 0 Å². The molecule has 1 aliphatic heterocycles. The molecule has 1 N–H and O–H groups in total. The molecule has 30 heavy (non-hydrogen) atoms. The van der Waals surface area contributed by atoms with E-state index in [1.165, 1.54) is 22.0 Å². The molecule has 2 aromatic rings. The van der Waals surface area contributed by atoms with Gasteiger partial charge in [0.25, 0.3) is 5.91 Å². The van der Waals surface area contributed by atoms with Crippen molar-refractivity contribution in [3.63, 3.8) is 0 Å². The molecule has 2 aromatic carbocycles. The van der Waals surface area contributed by atoms with Crippen LogP contribution >= 0.6 is 0 Å². The van der Waals surface area contributed by atoms with Crippen LogP contribution in [0.5, 0.6) is 5.75 Å². The first kappa shape index (κ1) is 20.8. The number of nitrogens with one attached hydrogen (secondary N) is 1. The first-order chi connectivity index (χ1) is 14.5. The summed E-state index contributed by atoms with van der Waals surface area (Å²) in [5, 5.41) is 3.09. The Labute approximate surface area is 177 Å². The van der Waals surface area contributed by atoms with Crippen LogP contribution in [-0.2, 0) is 21.2 Å². The Bertz CT molecular complexity index is 1010. The second kappa shape index (κ2) is 8.75. The van der Waals surface area contributed by atoms with Crippen LogP contribution in [0.1, 0.15) is 40.4 Å². The van der Waals surface area contributed by atoms with Gasteiger partial charge in [0.15, 0.2) is 0 Å². The maximum Gasteiger partial charge on any atom is 0.251 e. The third-order valence-corrected chi connectivity index (χ3v) is 7.61. The fraction of sp³-hybridized carbons (Fsp3) is 0.409. The Morgan fingerprint density at radius 2 is 1.87 bits per heavy atom. The lowest BCUT2D eigenvalue weighted by Gasteiger charge is -2.27. The molecule has 8 heteroatoms. The van der Waals surface area contributed by atoms with E-state index in [0.29, 0.717) is 31.9 Å². The maximum atomic E-state index is 12.8. The molecule has 1 unspecified atom stereocenters. The topological polar surface area (TPSA) is 84.9 Å². The van der Waals surface area contributed by atoms with Crippen LogP contribution in [0.4, 0.5) is 0 Å². The highest BCUT2D eigenvalue weighted by Gasteiger charge is 2.27. The van der Waals surface area contributed by atoms with Crippen molar-refractivity contribution in [2.75, 3.05) is 33.4 Å². The highest BCUT2D eigenvalue weighted by molar-refractivity contribution is 7.89. The summed E-state index contributed by atoms with van der Waals surface area (Å²) in [6.45, 7) is 1.48. The molecule has 2 aliphatic rings. The molecule has 1 saturated heterocycles. The molecule has 1 fully saturated rings. The van der Waals surface area contributed by atoms with Crippen molar-refractivity contribution < 1.29 is 22.7 Å². The molecule has 1 heterocycles. The number of sulfonamides is 1. The predicted molar refractivity (Wildman–Crippen MR) is 112 cm³/mol. The summed E-state index contributed by atoms with van der Waals surface area (Å²) < 4.78 is 37.4. The minimum Gasteiger partial charge on any atom is -0.497 e. The van der Waals surface area contributed by atoms with Crippen molar-refractivity contribution >= 4 is 15.9 Å². The van der Waals surface area contributed by atoms with E-state index in [9.17, 15) is 13.2 Å². The lowest BCUT2D eigenvalue weighted by atomic mass is 9.87. The predicted octanol–water partition coefficient (Wildman–Crippen LogP) is 2.52. The zero-order chi connectivity index (χ0) is 21.1. The number of benzene rings is 2. The number of methoxy groups -OCH3 is 1. The summed E-state index contributed by atoms with van der Waals surface area (Å²) >= 11 is 0. The number of nitrogens with zero attached hydrogens (tertiary/aromatic N) is 1. The number of morpholine rings is 1. The number of carbonyl (C=O) groups is 1. The van der Waals surface area contributed by atoms with E-state index in [0.717, 1.165) is 30.6 Å². The molecule has 160 valence electrons. The quantitative estimate of drug-likeness (QED) is 0.788. The smallest absolute Gasteiger partial charge is 0.251 e. The molecule has 0 radical (unpaired) electrons. The number of hydrogen-bond acceptors (Lipinski definition) is 5. The summed E-state index contributed by atoms with van der Waals surface area (Å²) in [7, 11) is -1.92. The van der Waals surface area contributed by atoms with Crippen molar-refractivity contribution in [3.05, 3.63) is 59.2 Å². The van der Waals surface area contributed by atoms with Gasteiger partial charge >= 0.3 is 0 Å². The third-order valence-electron chi connectivity index (χ3n) is 5.69. The number of ether oxygens (including phenoxy) is 2. The molecule has 0 spiro atoms. The van der Waals surface area contributed by atoms with Gasteiger partial charge in [-0.3, -0.25) is 4.79 Å². The highest BCUT2D eigenvalue weighted by Crippen LogP contribution is 2.32. The first-order valence-electron chi connectivity index (χ1n) is 10.1. The van der Waals surface area contributed by atoms with Crippen LogP contribution in [0.25, 0.3) is 0 Å². The van der Waals surface area contributed by atoms with E-state index < -0.39 is 10.0 Å². The van der Waals surface area contributed by atoms with Crippen LogP contribution in [0.15, 0.2) is 47.4 Å². The second-order valence-electron chi connectivity index (χ2n) is 7.52. The zero-order valence-electron chi connectivity index (χ0n) is 17.0. The molecule has 1 atom stereocenters. The van der Waals surface area contributed by atoms with Gasteiger partial charge in [-0.15, -0.1) is 0 Å². The number of amides is 1. The van der Waals surface area contributed by atoms with Crippen LogP contribution in [0.2, 0.25) is 0 Å². The summed E-state index contributed by atoms with van der Waals surface area (Å²) in [4.78, 5) is 13.0. The maximum absolute atomic E-state index is 12.8. The van der Waals surface area contributed by atoms with Crippen molar-refractivity contribution in [1.82, 2.24) is 9.62 Å². The van der Waals surface area contributed by atoms with Crippen molar-refractivity contribution in [2.45, 2.75) is 30.2 Å². The number of carbonyl (C=O) groups excluding carboxylic acids is 1. The molecular weight excluding hydrogens is 404 g/mol. The van der Waals surface area contributed by atoms with E-state index in [1.54, 1.807) is 19.2 Å². The van der Waals surface area contributed by atoms with Gasteiger partial charge in [-0.05, 0) is 66.8 Å². The lowest BCUT2D eigenvalue weighted by Crippen LogP contribution is -2.40. The van der Waals surface area contributed by atoms with Crippen molar-refractivity contribution in [3.8, 4) is 5.75 Å². The standard InChI is InChI=1S/C22H26N2O5S/c1-28-18-7-10-20-17(15-18)3-2-4-21(20)23-22(25)16-5-8-19(9-6-16)30(26,27)24-11-13-29-14-12-24/h5-10,15,21H,2-4,11-14H2,1H3,(H,23,25). The Morgan fingerprint density at radius 1 is 1.13 bits per heavy atom. The van der Waals surface area contributed by atoms with Crippen LogP contribution in [0.3, 0.4) is 0 Å². The van der Waals surface area contributed by atoms with Crippen LogP contribution < -0.4 is 10.1 Å². The van der Waals surface area contributed by atoms with Gasteiger partial charge in [0, 0.05) is 18.7 Å². The van der Waals surface area contributed by atoms with Crippen molar-refractivity contribution in [2.24, 2.45) is 0 Å². The molecule has 0 aromatic heterocycles. The van der Waals surface area contributed by atoms with Gasteiger partial charge in [-0.2, -0.15) is 4.31 Å². The van der Waals surface area contributed by atoms with E-state index in [2.05, 4.69) is 5.32 Å². The van der Waals surface area contributed by atoms with Crippen LogP contribution in [0, 0.1) is 0 Å². The summed E-state index contributed by atoms with van der Waals surface area (Å²) in [6.07, 6.45) is 2.82. The molecule has 0 bridgehead atoms. The summed E-state index contributed by atoms with van der Waals surface area (Å²) in [5.74, 6) is 0.608. The molecular formula is C22H26N2O5S. The summed E-state index contributed by atoms with van der Waals surface area (Å²) in [6, 6.07) is 12.0. The molecule has 4 rings (SSSR count). The zero-order valence-corrected chi connectivity index (χ0v) is 17.8. The minimum atomic E-state index is -3.57. The van der Waals surface area contributed by atoms with Gasteiger partial charge in [-0.1, -0.05) is 6.07 Å². The monoisotopic (exact) mass is 430 g/mol. The highest BCUT2D eigenvalue weighted by atomic mass is 32.2. The Hall–Kier alpha value is -2.42. The average molecular weight is 431 g/mol. The minimum absolute atomic E-state index is 0.0658. The molecule has 0 saturated carbocycles. The number of fused-ring (bicyclic) bond motifs is 1. The van der Waals surface area contributed by atoms with E-state index in [-0.39, 0.29) is 16.8 Å². The SMILES string of the molecule is COc1ccc2c(c1)CCCC2NC(=O)c1ccc(S(=O)(=O)N2CCOCC2)cc1. The van der Waals surface area contributed by atoms with Gasteiger partial charge < -0.3 is 14.8 Å². The number of rotatable bonds is 5. The van der Waals surface area contributed by atoms with Gasteiger partial charge in [0.1, 0.15) is 5.75 Å². The van der Waals surface area contributed by atoms with Crippen LogP contribution in [-0.4, -0.2) is 52.0 Å². The average Bonchev–Trinajstić information content (AvgIpc) is 2.79. The Balaban J connectivity index is 1.47. The Kier molecular flexibility index (Phi) is 6.08. The van der Waals surface area contributed by atoms with E-state index in [1.807, 2.05) is 18.2 Å².